The lowest BCUT2D eigenvalue weighted by Crippen LogP contribution is -3.13. The number of rotatable bonds is 4. The molecule has 2 aromatic carbocycles. The monoisotopic (exact) mass is 392 g/mol. The van der Waals surface area contributed by atoms with Gasteiger partial charge in [-0.2, -0.15) is 0 Å². The zero-order valence-corrected chi connectivity index (χ0v) is 17.6. The van der Waals surface area contributed by atoms with Gasteiger partial charge in [-0.15, -0.1) is 0 Å². The molecule has 0 radical (unpaired) electrons. The Balaban J connectivity index is 1.71. The average molecular weight is 393 g/mol. The number of hydrogen-bond acceptors (Lipinski definition) is 3. The fourth-order valence-corrected chi connectivity index (χ4v) is 3.87. The highest BCUT2D eigenvalue weighted by Gasteiger charge is 2.20. The second-order valence-electron chi connectivity index (χ2n) is 8.92. The second kappa shape index (κ2) is 8.09. The first-order valence-electron chi connectivity index (χ1n) is 10.4. The van der Waals surface area contributed by atoms with Crippen LogP contribution in [-0.4, -0.2) is 35.9 Å². The first-order valence-corrected chi connectivity index (χ1v) is 10.4. The van der Waals surface area contributed by atoms with Crippen molar-refractivity contribution in [2.24, 2.45) is 0 Å². The molecule has 1 aliphatic heterocycles. The van der Waals surface area contributed by atoms with Crippen LogP contribution in [0.15, 0.2) is 53.3 Å². The minimum absolute atomic E-state index is 0.0400. The summed E-state index contributed by atoms with van der Waals surface area (Å²) in [5, 5.41) is 0.680. The van der Waals surface area contributed by atoms with Crippen molar-refractivity contribution in [2.45, 2.75) is 39.3 Å². The van der Waals surface area contributed by atoms with Crippen LogP contribution in [0.25, 0.3) is 10.9 Å². The van der Waals surface area contributed by atoms with Gasteiger partial charge in [0.2, 0.25) is 0 Å². The van der Waals surface area contributed by atoms with Crippen LogP contribution in [-0.2, 0) is 23.2 Å². The third-order valence-corrected chi connectivity index (χ3v) is 5.71. The van der Waals surface area contributed by atoms with Crippen molar-refractivity contribution < 1.29 is 9.64 Å². The van der Waals surface area contributed by atoms with Gasteiger partial charge in [-0.25, -0.2) is 4.98 Å². The molecule has 152 valence electrons. The molecule has 4 rings (SSSR count). The van der Waals surface area contributed by atoms with Gasteiger partial charge in [0.1, 0.15) is 19.6 Å². The molecule has 1 saturated heterocycles. The molecule has 0 amide bonds. The van der Waals surface area contributed by atoms with Gasteiger partial charge in [0.15, 0.2) is 5.82 Å². The highest BCUT2D eigenvalue weighted by atomic mass is 16.5. The standard InChI is InChI=1S/C24H29N3O2/c1-24(2,3)19-10-8-18(9-11-19)16-27-22(17-26-12-14-29-15-13-26)25-21-7-5-4-6-20(21)23(27)28/h4-11H,12-17H2,1-3H3/p+1. The maximum absolute atomic E-state index is 13.3. The van der Waals surface area contributed by atoms with Crippen molar-refractivity contribution in [3.8, 4) is 0 Å². The summed E-state index contributed by atoms with van der Waals surface area (Å²) in [6, 6.07) is 16.2. The minimum atomic E-state index is 0.0400. The largest absolute Gasteiger partial charge is 0.370 e. The normalized spacial score (nSPS) is 15.7. The highest BCUT2D eigenvalue weighted by molar-refractivity contribution is 5.77. The molecular formula is C24H30N3O2+. The molecule has 5 nitrogen and oxygen atoms in total. The van der Waals surface area contributed by atoms with Gasteiger partial charge in [0.05, 0.1) is 30.7 Å². The predicted octanol–water partition coefficient (Wildman–Crippen LogP) is 2.16. The third kappa shape index (κ3) is 4.41. The topological polar surface area (TPSA) is 48.6 Å². The number of nitrogens with one attached hydrogen (secondary N) is 1. The molecule has 29 heavy (non-hydrogen) atoms. The zero-order valence-electron chi connectivity index (χ0n) is 17.6. The van der Waals surface area contributed by atoms with Crippen molar-refractivity contribution in [1.29, 1.82) is 0 Å². The van der Waals surface area contributed by atoms with Crippen molar-refractivity contribution in [2.75, 3.05) is 26.3 Å². The summed E-state index contributed by atoms with van der Waals surface area (Å²) in [5.41, 5.74) is 3.35. The van der Waals surface area contributed by atoms with Gasteiger partial charge in [-0.3, -0.25) is 9.36 Å². The first-order chi connectivity index (χ1) is 13.9. The van der Waals surface area contributed by atoms with Crippen LogP contribution in [0.5, 0.6) is 0 Å². The Morgan fingerprint density at radius 1 is 1.03 bits per heavy atom. The molecule has 2 heterocycles. The molecule has 1 aromatic heterocycles. The fraction of sp³-hybridized carbons (Fsp3) is 0.417. The van der Waals surface area contributed by atoms with Gasteiger partial charge < -0.3 is 9.64 Å². The number of benzene rings is 2. The molecule has 0 unspecified atom stereocenters. The number of fused-ring (bicyclic) bond motifs is 1. The van der Waals surface area contributed by atoms with Gasteiger partial charge in [-0.1, -0.05) is 57.2 Å². The number of para-hydroxylation sites is 1. The Hall–Kier alpha value is -2.50. The summed E-state index contributed by atoms with van der Waals surface area (Å²) in [4.78, 5) is 19.6. The van der Waals surface area contributed by atoms with E-state index in [9.17, 15) is 4.79 Å². The molecule has 3 aromatic rings. The van der Waals surface area contributed by atoms with Crippen LogP contribution in [0, 0.1) is 0 Å². The van der Waals surface area contributed by atoms with E-state index in [2.05, 4.69) is 45.0 Å². The summed E-state index contributed by atoms with van der Waals surface area (Å²) in [7, 11) is 0. The maximum atomic E-state index is 13.3. The van der Waals surface area contributed by atoms with Gasteiger partial charge in [0.25, 0.3) is 5.56 Å². The van der Waals surface area contributed by atoms with E-state index in [1.165, 1.54) is 10.5 Å². The summed E-state index contributed by atoms with van der Waals surface area (Å²) >= 11 is 0. The SMILES string of the molecule is CC(C)(C)c1ccc(Cn2c(C[NH+]3CCOCC3)nc3ccccc3c2=O)cc1. The van der Waals surface area contributed by atoms with Crippen LogP contribution >= 0.6 is 0 Å². The number of aromatic nitrogens is 2. The van der Waals surface area contributed by atoms with Crippen molar-refractivity contribution in [3.63, 3.8) is 0 Å². The molecule has 5 heteroatoms. The Morgan fingerprint density at radius 3 is 2.41 bits per heavy atom. The molecule has 0 saturated carbocycles. The molecule has 0 spiro atoms. The van der Waals surface area contributed by atoms with Crippen LogP contribution in [0.1, 0.15) is 37.7 Å². The van der Waals surface area contributed by atoms with E-state index in [1.807, 2.05) is 28.8 Å². The van der Waals surface area contributed by atoms with E-state index in [0.717, 1.165) is 49.8 Å². The van der Waals surface area contributed by atoms with Crippen molar-refractivity contribution >= 4 is 10.9 Å². The third-order valence-electron chi connectivity index (χ3n) is 5.71. The maximum Gasteiger partial charge on any atom is 0.261 e. The highest BCUT2D eigenvalue weighted by Crippen LogP contribution is 2.22. The summed E-state index contributed by atoms with van der Waals surface area (Å²) < 4.78 is 7.34. The quantitative estimate of drug-likeness (QED) is 0.740. The van der Waals surface area contributed by atoms with Gasteiger partial charge >= 0.3 is 0 Å². The lowest BCUT2D eigenvalue weighted by molar-refractivity contribution is -0.922. The molecular weight excluding hydrogens is 362 g/mol. The van der Waals surface area contributed by atoms with Crippen molar-refractivity contribution in [3.05, 3.63) is 75.8 Å². The number of ether oxygens (including phenoxy) is 1. The number of hydrogen-bond donors (Lipinski definition) is 1. The van der Waals surface area contributed by atoms with Gasteiger partial charge in [0, 0.05) is 0 Å². The van der Waals surface area contributed by atoms with E-state index < -0.39 is 0 Å². The molecule has 0 atom stereocenters. The van der Waals surface area contributed by atoms with Gasteiger partial charge in [-0.05, 0) is 28.7 Å². The Labute approximate surface area is 171 Å². The summed E-state index contributed by atoms with van der Waals surface area (Å²) in [5.74, 6) is 0.852. The first kappa shape index (κ1) is 19.8. The van der Waals surface area contributed by atoms with E-state index >= 15 is 0 Å². The lowest BCUT2D eigenvalue weighted by atomic mass is 9.87. The smallest absolute Gasteiger partial charge is 0.261 e. The van der Waals surface area contributed by atoms with E-state index in [0.29, 0.717) is 11.9 Å². The summed E-state index contributed by atoms with van der Waals surface area (Å²) in [6.45, 7) is 11.3. The van der Waals surface area contributed by atoms with E-state index in [1.54, 1.807) is 0 Å². The van der Waals surface area contributed by atoms with Crippen molar-refractivity contribution in [1.82, 2.24) is 9.55 Å². The Kier molecular flexibility index (Phi) is 5.52. The van der Waals surface area contributed by atoms with Crippen LogP contribution in [0.2, 0.25) is 0 Å². The Morgan fingerprint density at radius 2 is 1.72 bits per heavy atom. The molecule has 0 bridgehead atoms. The number of morpholine rings is 1. The average Bonchev–Trinajstić information content (AvgIpc) is 2.71. The van der Waals surface area contributed by atoms with Crippen LogP contribution < -0.4 is 10.5 Å². The molecule has 1 fully saturated rings. The zero-order chi connectivity index (χ0) is 20.4. The number of quaternary nitrogens is 1. The molecule has 0 aliphatic carbocycles. The number of nitrogens with zero attached hydrogens (tertiary/aromatic N) is 2. The van der Waals surface area contributed by atoms with E-state index in [4.69, 9.17) is 9.72 Å². The van der Waals surface area contributed by atoms with Crippen LogP contribution in [0.3, 0.4) is 0 Å². The minimum Gasteiger partial charge on any atom is -0.370 e. The molecule has 1 aliphatic rings. The fourth-order valence-electron chi connectivity index (χ4n) is 3.87. The van der Waals surface area contributed by atoms with E-state index in [-0.39, 0.29) is 11.0 Å². The van der Waals surface area contributed by atoms with Crippen LogP contribution in [0.4, 0.5) is 0 Å². The molecule has 1 N–H and O–H groups in total. The Bertz CT molecular complexity index is 1040. The lowest BCUT2D eigenvalue weighted by Gasteiger charge is -2.25. The predicted molar refractivity (Wildman–Crippen MR) is 115 cm³/mol. The second-order valence-corrected chi connectivity index (χ2v) is 8.92. The summed E-state index contributed by atoms with van der Waals surface area (Å²) in [6.07, 6.45) is 0.